The van der Waals surface area contributed by atoms with Crippen molar-refractivity contribution in [1.82, 2.24) is 10.2 Å². The van der Waals surface area contributed by atoms with Crippen molar-refractivity contribution in [2.45, 2.75) is 88.3 Å². The maximum absolute atomic E-state index is 14.2. The smallest absolute Gasteiger partial charge is 0.379 e. The zero-order valence-electron chi connectivity index (χ0n) is 21.7. The summed E-state index contributed by atoms with van der Waals surface area (Å²) in [5, 5.41) is 3.83. The largest absolute Gasteiger partial charge is 0.416 e. The summed E-state index contributed by atoms with van der Waals surface area (Å²) in [7, 11) is 1.73. The third kappa shape index (κ3) is 4.35. The number of fused-ring (bicyclic) bond motifs is 3. The number of amides is 1. The molecule has 9 heteroatoms. The number of carbonyl (C=O) groups is 1. The highest BCUT2D eigenvalue weighted by molar-refractivity contribution is 5.85. The van der Waals surface area contributed by atoms with E-state index in [1.54, 1.807) is 19.2 Å². The molecule has 3 heterocycles. The van der Waals surface area contributed by atoms with Gasteiger partial charge in [0.15, 0.2) is 0 Å². The fraction of sp³-hybridized carbons (Fsp3) is 0.750. The zero-order valence-corrected chi connectivity index (χ0v) is 21.7. The summed E-state index contributed by atoms with van der Waals surface area (Å²) in [5.74, 6) is 0.696. The lowest BCUT2D eigenvalue weighted by Crippen LogP contribution is -2.54. The van der Waals surface area contributed by atoms with Crippen LogP contribution in [0.5, 0.6) is 0 Å². The average Bonchev–Trinajstić information content (AvgIpc) is 3.63. The van der Waals surface area contributed by atoms with E-state index in [0.717, 1.165) is 51.6 Å². The number of nitrogens with zero attached hydrogens (tertiary/aromatic N) is 2. The topological polar surface area (TPSA) is 54.0 Å². The lowest BCUT2D eigenvalue weighted by Gasteiger charge is -2.41. The van der Waals surface area contributed by atoms with Crippen LogP contribution >= 0.6 is 0 Å². The van der Waals surface area contributed by atoms with E-state index in [-0.39, 0.29) is 35.2 Å². The van der Waals surface area contributed by atoms with E-state index >= 15 is 0 Å². The summed E-state index contributed by atoms with van der Waals surface area (Å²) >= 11 is 0. The van der Waals surface area contributed by atoms with Gasteiger partial charge in [-0.3, -0.25) is 4.79 Å². The molecule has 6 rings (SSSR count). The van der Waals surface area contributed by atoms with Gasteiger partial charge in [-0.05, 0) is 69.1 Å². The van der Waals surface area contributed by atoms with E-state index in [4.69, 9.17) is 9.47 Å². The molecule has 2 bridgehead atoms. The number of nitrogens with one attached hydrogen (secondary N) is 1. The van der Waals surface area contributed by atoms with Gasteiger partial charge in [-0.1, -0.05) is 12.5 Å². The summed E-state index contributed by atoms with van der Waals surface area (Å²) in [6.07, 6.45) is 2.47. The lowest BCUT2D eigenvalue weighted by molar-refractivity contribution is -0.144. The Morgan fingerprint density at radius 2 is 2.03 bits per heavy atom. The summed E-state index contributed by atoms with van der Waals surface area (Å²) in [6.45, 7) is 4.05. The molecule has 7 atom stereocenters. The summed E-state index contributed by atoms with van der Waals surface area (Å²) in [5.41, 5.74) is -0.0128. The third-order valence-corrected chi connectivity index (χ3v) is 9.98. The highest BCUT2D eigenvalue weighted by Gasteiger charge is 2.59. The van der Waals surface area contributed by atoms with Crippen molar-refractivity contribution < 1.29 is 27.4 Å². The number of ether oxygens (including phenoxy) is 2. The summed E-state index contributed by atoms with van der Waals surface area (Å²) in [6, 6.07) is 5.35. The minimum atomic E-state index is -4.36. The fourth-order valence-corrected chi connectivity index (χ4v) is 8.17. The number of hydrogen-bond donors (Lipinski definition) is 1. The first kappa shape index (κ1) is 25.4. The molecule has 6 nitrogen and oxygen atoms in total. The Morgan fingerprint density at radius 3 is 2.76 bits per heavy atom. The Kier molecular flexibility index (Phi) is 6.47. The molecule has 3 aliphatic heterocycles. The Bertz CT molecular complexity index is 1040. The van der Waals surface area contributed by atoms with Crippen molar-refractivity contribution in [2.24, 2.45) is 11.3 Å². The third-order valence-electron chi connectivity index (χ3n) is 9.98. The molecule has 1 aromatic rings. The van der Waals surface area contributed by atoms with Gasteiger partial charge in [-0.25, -0.2) is 0 Å². The molecule has 1 N–H and O–H groups in total. The zero-order chi connectivity index (χ0) is 25.9. The number of hydrogen-bond acceptors (Lipinski definition) is 5. The van der Waals surface area contributed by atoms with Crippen LogP contribution in [0.15, 0.2) is 18.2 Å². The second-order valence-corrected chi connectivity index (χ2v) is 11.9. The molecule has 37 heavy (non-hydrogen) atoms. The van der Waals surface area contributed by atoms with Crippen LogP contribution in [0.4, 0.5) is 18.9 Å². The second-order valence-electron chi connectivity index (χ2n) is 11.9. The highest BCUT2D eigenvalue weighted by atomic mass is 19.4. The van der Waals surface area contributed by atoms with Crippen molar-refractivity contribution in [1.29, 1.82) is 0 Å². The molecule has 5 fully saturated rings. The van der Waals surface area contributed by atoms with E-state index in [2.05, 4.69) is 15.1 Å². The highest BCUT2D eigenvalue weighted by Crippen LogP contribution is 2.56. The van der Waals surface area contributed by atoms with Gasteiger partial charge in [0.25, 0.3) is 0 Å². The van der Waals surface area contributed by atoms with Gasteiger partial charge in [-0.15, -0.1) is 0 Å². The number of rotatable bonds is 5. The predicted octanol–water partition coefficient (Wildman–Crippen LogP) is 4.15. The van der Waals surface area contributed by atoms with E-state index in [0.29, 0.717) is 43.3 Å². The van der Waals surface area contributed by atoms with Gasteiger partial charge in [0.2, 0.25) is 5.91 Å². The Morgan fingerprint density at radius 1 is 1.19 bits per heavy atom. The standard InChI is InChI=1S/C28H38F3N3O3/c1-17-5-6-20(12-23(17)28(29,30)31)33-14-22-11-21(33)15-34(22)26(35)27-8-3-4-18(27)10-19(13-27)32-24-7-9-37-16-25(24)36-2/h5-6,12,18-19,21-22,24-25,32H,3-4,7-11,13-16H2,1-2H3/t18-,19-,21-,22+,24+,25-,27-/m1/s1. The molecule has 0 unspecified atom stereocenters. The van der Waals surface area contributed by atoms with Gasteiger partial charge in [-0.2, -0.15) is 13.2 Å². The molecule has 0 radical (unpaired) electrons. The van der Waals surface area contributed by atoms with Crippen LogP contribution < -0.4 is 10.2 Å². The maximum atomic E-state index is 14.2. The van der Waals surface area contributed by atoms with Crippen LogP contribution in [0.2, 0.25) is 0 Å². The number of benzene rings is 1. The van der Waals surface area contributed by atoms with Gasteiger partial charge >= 0.3 is 6.18 Å². The lowest BCUT2D eigenvalue weighted by atomic mass is 9.78. The van der Waals surface area contributed by atoms with Crippen LogP contribution in [-0.2, 0) is 20.4 Å². The first-order valence-electron chi connectivity index (χ1n) is 13.8. The number of anilines is 1. The molecule has 5 aliphatic rings. The Labute approximate surface area is 216 Å². The normalized spacial score (nSPS) is 37.4. The van der Waals surface area contributed by atoms with Crippen LogP contribution in [-0.4, -0.2) is 74.5 Å². The molecule has 2 saturated carbocycles. The van der Waals surface area contributed by atoms with E-state index < -0.39 is 11.7 Å². The number of carbonyl (C=O) groups excluding carboxylic acids is 1. The molecular weight excluding hydrogens is 483 g/mol. The van der Waals surface area contributed by atoms with Gasteiger partial charge in [0, 0.05) is 50.6 Å². The minimum absolute atomic E-state index is 0.0424. The molecule has 1 amide bonds. The van der Waals surface area contributed by atoms with Gasteiger partial charge in [0.05, 0.1) is 29.7 Å². The Balaban J connectivity index is 1.14. The van der Waals surface area contributed by atoms with Gasteiger partial charge < -0.3 is 24.6 Å². The van der Waals surface area contributed by atoms with Crippen molar-refractivity contribution >= 4 is 11.6 Å². The molecular formula is C28H38F3N3O3. The SMILES string of the molecule is CO[C@@H]1COCC[C@@H]1N[C@@H]1C[C@H]2CCC[C@@]2(C(=O)N2C[C@H]3C[C@H]2CN3c2ccc(C)c(C(F)(F)F)c2)C1. The molecule has 0 spiro atoms. The van der Waals surface area contributed by atoms with Crippen LogP contribution in [0.3, 0.4) is 0 Å². The molecule has 3 saturated heterocycles. The Hall–Kier alpha value is -1.84. The van der Waals surface area contributed by atoms with E-state index in [1.807, 2.05) is 0 Å². The monoisotopic (exact) mass is 521 g/mol. The molecule has 0 aromatic heterocycles. The van der Waals surface area contributed by atoms with Crippen molar-refractivity contribution in [2.75, 3.05) is 38.3 Å². The first-order chi connectivity index (χ1) is 17.7. The number of halogens is 3. The molecule has 2 aliphatic carbocycles. The number of methoxy groups -OCH3 is 1. The van der Waals surface area contributed by atoms with Crippen LogP contribution in [0, 0.1) is 18.3 Å². The predicted molar refractivity (Wildman–Crippen MR) is 133 cm³/mol. The quantitative estimate of drug-likeness (QED) is 0.631. The van der Waals surface area contributed by atoms with Crippen molar-refractivity contribution in [3.8, 4) is 0 Å². The first-order valence-corrected chi connectivity index (χ1v) is 13.8. The summed E-state index contributed by atoms with van der Waals surface area (Å²) in [4.78, 5) is 18.3. The number of aryl methyl sites for hydroxylation is 1. The van der Waals surface area contributed by atoms with E-state index in [1.165, 1.54) is 13.0 Å². The summed E-state index contributed by atoms with van der Waals surface area (Å²) < 4.78 is 51.7. The van der Waals surface area contributed by atoms with Crippen LogP contribution in [0.25, 0.3) is 0 Å². The van der Waals surface area contributed by atoms with Crippen molar-refractivity contribution in [3.05, 3.63) is 29.3 Å². The molecule has 1 aromatic carbocycles. The van der Waals surface area contributed by atoms with Crippen molar-refractivity contribution in [3.63, 3.8) is 0 Å². The fourth-order valence-electron chi connectivity index (χ4n) is 8.17. The molecule has 204 valence electrons. The number of likely N-dealkylation sites (tertiary alicyclic amines) is 1. The number of piperazine rings is 1. The number of alkyl halides is 3. The second kappa shape index (κ2) is 9.42. The maximum Gasteiger partial charge on any atom is 0.416 e. The average molecular weight is 522 g/mol. The minimum Gasteiger partial charge on any atom is -0.379 e. The van der Waals surface area contributed by atoms with E-state index in [9.17, 15) is 18.0 Å². The van der Waals surface area contributed by atoms with Crippen LogP contribution in [0.1, 0.15) is 56.1 Å². The van der Waals surface area contributed by atoms with Gasteiger partial charge in [0.1, 0.15) is 0 Å².